The van der Waals surface area contributed by atoms with E-state index in [9.17, 15) is 9.59 Å². The van der Waals surface area contributed by atoms with Gasteiger partial charge in [0, 0.05) is 32.6 Å². The molecular weight excluding hydrogens is 364 g/mol. The smallest absolute Gasteiger partial charge is 0.293 e. The number of amides is 1. The van der Waals surface area contributed by atoms with E-state index in [4.69, 9.17) is 0 Å². The molecule has 1 N–H and O–H groups in total. The Morgan fingerprint density at radius 2 is 1.79 bits per heavy atom. The van der Waals surface area contributed by atoms with Gasteiger partial charge in [-0.05, 0) is 43.0 Å². The monoisotopic (exact) mass is 390 g/mol. The average Bonchev–Trinajstić information content (AvgIpc) is 2.75. The summed E-state index contributed by atoms with van der Waals surface area (Å²) < 4.78 is 1.65. The van der Waals surface area contributed by atoms with Crippen LogP contribution in [0.5, 0.6) is 0 Å². The van der Waals surface area contributed by atoms with Crippen LogP contribution < -0.4 is 15.8 Å². The number of aryl methyl sites for hydroxylation is 2. The zero-order chi connectivity index (χ0) is 20.4. The number of fused-ring (bicyclic) bond motifs is 1. The van der Waals surface area contributed by atoms with E-state index in [2.05, 4.69) is 23.3 Å². The van der Waals surface area contributed by atoms with Crippen molar-refractivity contribution in [1.29, 1.82) is 0 Å². The first kappa shape index (κ1) is 19.2. The molecule has 0 spiro atoms. The Morgan fingerprint density at radius 3 is 2.55 bits per heavy atom. The second-order valence-electron chi connectivity index (χ2n) is 7.69. The number of para-hydroxylation sites is 2. The number of benzene rings is 2. The van der Waals surface area contributed by atoms with E-state index in [-0.39, 0.29) is 17.4 Å². The van der Waals surface area contributed by atoms with Crippen LogP contribution >= 0.6 is 0 Å². The second kappa shape index (κ2) is 8.07. The molecule has 0 bridgehead atoms. The Morgan fingerprint density at radius 1 is 1.10 bits per heavy atom. The predicted molar refractivity (Wildman–Crippen MR) is 115 cm³/mol. The van der Waals surface area contributed by atoms with Crippen molar-refractivity contribution in [1.82, 2.24) is 14.9 Å². The summed E-state index contributed by atoms with van der Waals surface area (Å²) in [6, 6.07) is 15.7. The highest BCUT2D eigenvalue weighted by Gasteiger charge is 2.27. The highest BCUT2D eigenvalue weighted by atomic mass is 16.2. The Kier molecular flexibility index (Phi) is 5.34. The third-order valence-electron chi connectivity index (χ3n) is 5.84. The Hall–Kier alpha value is -3.15. The lowest BCUT2D eigenvalue weighted by Crippen LogP contribution is -2.43. The van der Waals surface area contributed by atoms with Crippen LogP contribution in [-0.4, -0.2) is 28.5 Å². The van der Waals surface area contributed by atoms with Gasteiger partial charge in [0.1, 0.15) is 0 Å². The maximum absolute atomic E-state index is 12.8. The Bertz CT molecular complexity index is 1100. The van der Waals surface area contributed by atoms with Crippen molar-refractivity contribution in [2.45, 2.75) is 26.3 Å². The van der Waals surface area contributed by atoms with Gasteiger partial charge in [-0.1, -0.05) is 36.4 Å². The number of anilines is 1. The summed E-state index contributed by atoms with van der Waals surface area (Å²) in [5.74, 6) is 0.539. The van der Waals surface area contributed by atoms with Gasteiger partial charge in [0.05, 0.1) is 11.0 Å². The van der Waals surface area contributed by atoms with Gasteiger partial charge in [-0.3, -0.25) is 9.59 Å². The predicted octanol–water partition coefficient (Wildman–Crippen LogP) is 2.77. The first-order valence-electron chi connectivity index (χ1n) is 10.1. The zero-order valence-electron chi connectivity index (χ0n) is 16.9. The van der Waals surface area contributed by atoms with Gasteiger partial charge in [-0.15, -0.1) is 0 Å². The van der Waals surface area contributed by atoms with Gasteiger partial charge in [0.25, 0.3) is 5.56 Å². The van der Waals surface area contributed by atoms with E-state index in [0.717, 1.165) is 29.4 Å². The minimum Gasteiger partial charge on any atom is -0.352 e. The average molecular weight is 390 g/mol. The molecule has 6 heteroatoms. The third kappa shape index (κ3) is 3.88. The van der Waals surface area contributed by atoms with Crippen LogP contribution in [0.15, 0.2) is 53.3 Å². The highest BCUT2D eigenvalue weighted by molar-refractivity contribution is 5.79. The molecule has 2 heterocycles. The Balaban J connectivity index is 1.41. The summed E-state index contributed by atoms with van der Waals surface area (Å²) in [6.45, 7) is 3.92. The molecule has 6 nitrogen and oxygen atoms in total. The summed E-state index contributed by atoms with van der Waals surface area (Å²) in [6.07, 6.45) is 1.44. The summed E-state index contributed by atoms with van der Waals surface area (Å²) in [7, 11) is 1.78. The van der Waals surface area contributed by atoms with Crippen LogP contribution in [-0.2, 0) is 18.4 Å². The highest BCUT2D eigenvalue weighted by Crippen LogP contribution is 2.22. The van der Waals surface area contributed by atoms with Crippen LogP contribution in [0.25, 0.3) is 11.0 Å². The fourth-order valence-corrected chi connectivity index (χ4v) is 3.96. The number of piperidine rings is 1. The number of aromatic nitrogens is 2. The molecule has 1 saturated heterocycles. The number of hydrogen-bond acceptors (Lipinski definition) is 4. The largest absolute Gasteiger partial charge is 0.352 e. The molecule has 0 saturated carbocycles. The van der Waals surface area contributed by atoms with E-state index in [0.29, 0.717) is 25.5 Å². The van der Waals surface area contributed by atoms with E-state index >= 15 is 0 Å². The minimum absolute atomic E-state index is 0.0282. The van der Waals surface area contributed by atoms with Gasteiger partial charge in [0.2, 0.25) is 5.91 Å². The molecule has 0 radical (unpaired) electrons. The van der Waals surface area contributed by atoms with Crippen LogP contribution in [0.3, 0.4) is 0 Å². The van der Waals surface area contributed by atoms with Crippen molar-refractivity contribution < 1.29 is 4.79 Å². The maximum Gasteiger partial charge on any atom is 0.293 e. The number of carbonyl (C=O) groups excluding carboxylic acids is 1. The minimum atomic E-state index is -0.0915. The number of hydrogen-bond donors (Lipinski definition) is 1. The fraction of sp³-hybridized carbons (Fsp3) is 0.348. The SMILES string of the molecule is Cc1ccccc1CNC(=O)C1CCN(c2nc3ccccc3n(C)c2=O)CC1. The molecule has 1 fully saturated rings. The molecule has 1 aliphatic heterocycles. The topological polar surface area (TPSA) is 67.2 Å². The first-order valence-corrected chi connectivity index (χ1v) is 10.1. The second-order valence-corrected chi connectivity index (χ2v) is 7.69. The van der Waals surface area contributed by atoms with Gasteiger partial charge in [-0.25, -0.2) is 4.98 Å². The third-order valence-corrected chi connectivity index (χ3v) is 5.84. The van der Waals surface area contributed by atoms with Gasteiger partial charge in [0.15, 0.2) is 5.82 Å². The lowest BCUT2D eigenvalue weighted by Gasteiger charge is -2.32. The number of rotatable bonds is 4. The van der Waals surface area contributed by atoms with Gasteiger partial charge >= 0.3 is 0 Å². The van der Waals surface area contributed by atoms with Crippen LogP contribution in [0.2, 0.25) is 0 Å². The molecule has 29 heavy (non-hydrogen) atoms. The van der Waals surface area contributed by atoms with Crippen LogP contribution in [0.4, 0.5) is 5.82 Å². The van der Waals surface area contributed by atoms with E-state index in [1.807, 2.05) is 47.4 Å². The van der Waals surface area contributed by atoms with Crippen molar-refractivity contribution in [2.75, 3.05) is 18.0 Å². The first-order chi connectivity index (χ1) is 14.0. The molecule has 0 aliphatic carbocycles. The maximum atomic E-state index is 12.8. The molecule has 1 amide bonds. The lowest BCUT2D eigenvalue weighted by atomic mass is 9.95. The van der Waals surface area contributed by atoms with Crippen LogP contribution in [0, 0.1) is 12.8 Å². The summed E-state index contributed by atoms with van der Waals surface area (Å²) in [4.78, 5) is 32.0. The normalized spacial score (nSPS) is 14.9. The van der Waals surface area contributed by atoms with Crippen molar-refractivity contribution in [3.05, 3.63) is 70.0 Å². The summed E-state index contributed by atoms with van der Waals surface area (Å²) >= 11 is 0. The van der Waals surface area contributed by atoms with Gasteiger partial charge in [-0.2, -0.15) is 0 Å². The Labute approximate surface area is 170 Å². The molecule has 0 unspecified atom stereocenters. The van der Waals surface area contributed by atoms with Crippen molar-refractivity contribution >= 4 is 22.8 Å². The van der Waals surface area contributed by atoms with Crippen molar-refractivity contribution in [2.24, 2.45) is 13.0 Å². The summed E-state index contributed by atoms with van der Waals surface area (Å²) in [5.41, 5.74) is 3.86. The molecule has 4 rings (SSSR count). The standard InChI is InChI=1S/C23H26N4O2/c1-16-7-3-4-8-18(16)15-24-22(28)17-11-13-27(14-12-17)21-23(29)26(2)20-10-6-5-9-19(20)25-21/h3-10,17H,11-15H2,1-2H3,(H,24,28). The van der Waals surface area contributed by atoms with Crippen molar-refractivity contribution in [3.63, 3.8) is 0 Å². The molecule has 150 valence electrons. The molecule has 1 aliphatic rings. The van der Waals surface area contributed by atoms with E-state index in [1.54, 1.807) is 11.6 Å². The van der Waals surface area contributed by atoms with Crippen molar-refractivity contribution in [3.8, 4) is 0 Å². The fourth-order valence-electron chi connectivity index (χ4n) is 3.96. The molecule has 3 aromatic rings. The zero-order valence-corrected chi connectivity index (χ0v) is 16.9. The number of nitrogens with one attached hydrogen (secondary N) is 1. The van der Waals surface area contributed by atoms with Gasteiger partial charge < -0.3 is 14.8 Å². The molecule has 1 aromatic heterocycles. The van der Waals surface area contributed by atoms with Crippen LogP contribution in [0.1, 0.15) is 24.0 Å². The van der Waals surface area contributed by atoms with E-state index in [1.165, 1.54) is 5.56 Å². The molecular formula is C23H26N4O2. The summed E-state index contributed by atoms with van der Waals surface area (Å²) in [5, 5.41) is 3.07. The number of nitrogens with zero attached hydrogens (tertiary/aromatic N) is 3. The lowest BCUT2D eigenvalue weighted by molar-refractivity contribution is -0.125. The molecule has 0 atom stereocenters. The quantitative estimate of drug-likeness (QED) is 0.744. The molecule has 2 aromatic carbocycles. The number of carbonyl (C=O) groups is 1. The van der Waals surface area contributed by atoms with E-state index < -0.39 is 0 Å².